The molecule has 1 aromatic carbocycles. The molecule has 2 rings (SSSR count). The Morgan fingerprint density at radius 1 is 1.41 bits per heavy atom. The number of benzene rings is 1. The van der Waals surface area contributed by atoms with Gasteiger partial charge in [0.1, 0.15) is 6.04 Å². The number of carbonyl (C=O) groups is 1. The summed E-state index contributed by atoms with van der Waals surface area (Å²) >= 11 is 12.0. The predicted octanol–water partition coefficient (Wildman–Crippen LogP) is 2.47. The molecular formula is C14H16Cl2N4O2. The van der Waals surface area contributed by atoms with Crippen LogP contribution in [0.15, 0.2) is 24.4 Å². The number of rotatable bonds is 5. The van der Waals surface area contributed by atoms with Crippen molar-refractivity contribution < 1.29 is 9.53 Å². The molecule has 0 aliphatic rings. The van der Waals surface area contributed by atoms with Crippen molar-refractivity contribution in [1.29, 1.82) is 0 Å². The zero-order valence-electron chi connectivity index (χ0n) is 12.5. The first-order valence-corrected chi connectivity index (χ1v) is 7.26. The zero-order chi connectivity index (χ0) is 16.3. The third-order valence-corrected chi connectivity index (χ3v) is 4.08. The normalized spacial score (nSPS) is 12.5. The molecule has 0 bridgehead atoms. The van der Waals surface area contributed by atoms with Crippen molar-refractivity contribution in [3.8, 4) is 0 Å². The van der Waals surface area contributed by atoms with E-state index in [0.29, 0.717) is 22.2 Å². The Bertz CT molecular complexity index is 675. The van der Waals surface area contributed by atoms with Crippen molar-refractivity contribution in [2.75, 3.05) is 14.2 Å². The highest BCUT2D eigenvalue weighted by Gasteiger charge is 2.27. The molecule has 22 heavy (non-hydrogen) atoms. The van der Waals surface area contributed by atoms with Crippen LogP contribution < -0.4 is 0 Å². The van der Waals surface area contributed by atoms with Crippen LogP contribution >= 0.6 is 23.2 Å². The Kier molecular flexibility index (Phi) is 5.39. The van der Waals surface area contributed by atoms with E-state index in [2.05, 4.69) is 10.3 Å². The second kappa shape index (κ2) is 7.09. The largest absolute Gasteiger partial charge is 0.468 e. The summed E-state index contributed by atoms with van der Waals surface area (Å²) < 4.78 is 6.57. The minimum absolute atomic E-state index is 0.379. The Morgan fingerprint density at radius 3 is 2.68 bits per heavy atom. The third-order valence-electron chi connectivity index (χ3n) is 3.34. The number of ether oxygens (including phenoxy) is 1. The molecule has 8 heteroatoms. The van der Waals surface area contributed by atoms with Gasteiger partial charge in [-0.25, -0.2) is 4.79 Å². The summed E-state index contributed by atoms with van der Waals surface area (Å²) in [5.74, 6) is -0.379. The summed E-state index contributed by atoms with van der Waals surface area (Å²) in [6.07, 6.45) is 1.65. The standard InChI is InChI=1S/C14H16Cl2N4O2/c1-19(8-10-7-17-18-20(10)2)13(14(21)22-3)9-4-5-11(15)12(16)6-9/h4-7,13H,8H2,1-3H3. The lowest BCUT2D eigenvalue weighted by atomic mass is 10.1. The van der Waals surface area contributed by atoms with Crippen molar-refractivity contribution in [3.63, 3.8) is 0 Å². The van der Waals surface area contributed by atoms with Gasteiger partial charge >= 0.3 is 5.97 Å². The van der Waals surface area contributed by atoms with Crippen molar-refractivity contribution in [3.05, 3.63) is 45.7 Å². The Balaban J connectivity index is 2.31. The zero-order valence-corrected chi connectivity index (χ0v) is 14.0. The van der Waals surface area contributed by atoms with Crippen LogP contribution in [0.4, 0.5) is 0 Å². The molecule has 0 saturated heterocycles. The molecular weight excluding hydrogens is 327 g/mol. The molecule has 2 aromatic rings. The maximum Gasteiger partial charge on any atom is 0.327 e. The molecule has 1 unspecified atom stereocenters. The molecule has 1 atom stereocenters. The van der Waals surface area contributed by atoms with E-state index in [-0.39, 0.29) is 5.97 Å². The highest BCUT2D eigenvalue weighted by molar-refractivity contribution is 6.42. The van der Waals surface area contributed by atoms with Crippen LogP contribution in [0, 0.1) is 0 Å². The van der Waals surface area contributed by atoms with Crippen LogP contribution in [0.3, 0.4) is 0 Å². The molecule has 0 saturated carbocycles. The van der Waals surface area contributed by atoms with Crippen molar-refractivity contribution >= 4 is 29.2 Å². The van der Waals surface area contributed by atoms with Crippen LogP contribution in [0.5, 0.6) is 0 Å². The molecule has 0 spiro atoms. The van der Waals surface area contributed by atoms with E-state index < -0.39 is 6.04 Å². The van der Waals surface area contributed by atoms with E-state index in [4.69, 9.17) is 27.9 Å². The van der Waals surface area contributed by atoms with Gasteiger partial charge in [0, 0.05) is 13.6 Å². The number of carbonyl (C=O) groups excluding carboxylic acids is 1. The highest BCUT2D eigenvalue weighted by Crippen LogP contribution is 2.29. The molecule has 118 valence electrons. The number of aryl methyl sites for hydroxylation is 1. The number of methoxy groups -OCH3 is 1. The topological polar surface area (TPSA) is 60.2 Å². The van der Waals surface area contributed by atoms with Gasteiger partial charge in [0.05, 0.1) is 29.0 Å². The fraction of sp³-hybridized carbons (Fsp3) is 0.357. The number of hydrogen-bond donors (Lipinski definition) is 0. The van der Waals surface area contributed by atoms with Crippen LogP contribution in [0.1, 0.15) is 17.3 Å². The number of nitrogens with zero attached hydrogens (tertiary/aromatic N) is 4. The van der Waals surface area contributed by atoms with Crippen LogP contribution in [0.25, 0.3) is 0 Å². The van der Waals surface area contributed by atoms with Crippen molar-refractivity contribution in [2.24, 2.45) is 7.05 Å². The minimum atomic E-state index is -0.602. The average molecular weight is 343 g/mol. The fourth-order valence-electron chi connectivity index (χ4n) is 2.17. The van der Waals surface area contributed by atoms with Gasteiger partial charge in [0.2, 0.25) is 0 Å². The van der Waals surface area contributed by atoms with Gasteiger partial charge in [-0.05, 0) is 24.7 Å². The van der Waals surface area contributed by atoms with Gasteiger partial charge in [0.15, 0.2) is 0 Å². The number of halogens is 2. The molecule has 1 aromatic heterocycles. The highest BCUT2D eigenvalue weighted by atomic mass is 35.5. The van der Waals surface area contributed by atoms with Gasteiger partial charge in [-0.3, -0.25) is 9.58 Å². The lowest BCUT2D eigenvalue weighted by molar-refractivity contribution is -0.147. The summed E-state index contributed by atoms with van der Waals surface area (Å²) in [5, 5.41) is 8.54. The molecule has 0 aliphatic carbocycles. The summed E-state index contributed by atoms with van der Waals surface area (Å²) in [5.41, 5.74) is 1.58. The molecule has 0 N–H and O–H groups in total. The lowest BCUT2D eigenvalue weighted by Crippen LogP contribution is -2.32. The van der Waals surface area contributed by atoms with Crippen molar-refractivity contribution in [2.45, 2.75) is 12.6 Å². The first kappa shape index (κ1) is 16.7. The first-order valence-electron chi connectivity index (χ1n) is 6.50. The van der Waals surface area contributed by atoms with Gasteiger partial charge in [-0.1, -0.05) is 34.5 Å². The maximum absolute atomic E-state index is 12.2. The van der Waals surface area contributed by atoms with Gasteiger partial charge in [0.25, 0.3) is 0 Å². The number of hydrogen-bond acceptors (Lipinski definition) is 5. The molecule has 6 nitrogen and oxygen atoms in total. The van der Waals surface area contributed by atoms with E-state index in [9.17, 15) is 4.79 Å². The Morgan fingerprint density at radius 2 is 2.14 bits per heavy atom. The van der Waals surface area contributed by atoms with Crippen LogP contribution in [0.2, 0.25) is 10.0 Å². The SMILES string of the molecule is COC(=O)C(c1ccc(Cl)c(Cl)c1)N(C)Cc1cnnn1C. The summed E-state index contributed by atoms with van der Waals surface area (Å²) in [6.45, 7) is 0.476. The van der Waals surface area contributed by atoms with Crippen LogP contribution in [-0.4, -0.2) is 40.0 Å². The number of aromatic nitrogens is 3. The lowest BCUT2D eigenvalue weighted by Gasteiger charge is -2.26. The number of likely N-dealkylation sites (N-methyl/N-ethyl adjacent to an activating group) is 1. The average Bonchev–Trinajstić information content (AvgIpc) is 2.88. The van der Waals surface area contributed by atoms with Crippen LogP contribution in [-0.2, 0) is 23.1 Å². The van der Waals surface area contributed by atoms with E-state index in [0.717, 1.165) is 5.69 Å². The van der Waals surface area contributed by atoms with Gasteiger partial charge in [-0.15, -0.1) is 5.10 Å². The summed E-state index contributed by atoms with van der Waals surface area (Å²) in [4.78, 5) is 14.0. The van der Waals surface area contributed by atoms with Gasteiger partial charge in [-0.2, -0.15) is 0 Å². The monoisotopic (exact) mass is 342 g/mol. The molecule has 1 heterocycles. The quantitative estimate of drug-likeness (QED) is 0.781. The minimum Gasteiger partial charge on any atom is -0.468 e. The maximum atomic E-state index is 12.2. The molecule has 0 aliphatic heterocycles. The number of esters is 1. The van der Waals surface area contributed by atoms with E-state index in [1.165, 1.54) is 7.11 Å². The fourth-order valence-corrected chi connectivity index (χ4v) is 2.47. The Labute approximate surface area is 138 Å². The van der Waals surface area contributed by atoms with E-state index >= 15 is 0 Å². The Hall–Kier alpha value is -1.63. The van der Waals surface area contributed by atoms with Crippen molar-refractivity contribution in [1.82, 2.24) is 19.9 Å². The molecule has 0 fully saturated rings. The van der Waals surface area contributed by atoms with E-state index in [1.807, 2.05) is 11.9 Å². The second-order valence-electron chi connectivity index (χ2n) is 4.86. The first-order chi connectivity index (χ1) is 10.4. The molecule has 0 amide bonds. The molecule has 0 radical (unpaired) electrons. The predicted molar refractivity (Wildman–Crippen MR) is 83.7 cm³/mol. The van der Waals surface area contributed by atoms with E-state index in [1.54, 1.807) is 36.1 Å². The summed E-state index contributed by atoms with van der Waals surface area (Å²) in [6, 6.07) is 4.49. The smallest absolute Gasteiger partial charge is 0.327 e. The van der Waals surface area contributed by atoms with Gasteiger partial charge < -0.3 is 4.74 Å². The second-order valence-corrected chi connectivity index (χ2v) is 5.68. The third kappa shape index (κ3) is 3.58. The summed E-state index contributed by atoms with van der Waals surface area (Å²) in [7, 11) is 4.96.